The molecule has 4 rings (SSSR count). The van der Waals surface area contributed by atoms with E-state index in [0.29, 0.717) is 50.1 Å². The summed E-state index contributed by atoms with van der Waals surface area (Å²) < 4.78 is 17.7. The summed E-state index contributed by atoms with van der Waals surface area (Å²) in [5.74, 6) is 3.93. The van der Waals surface area contributed by atoms with Gasteiger partial charge >= 0.3 is 0 Å². The molecule has 0 aliphatic carbocycles. The molecule has 0 amide bonds. The van der Waals surface area contributed by atoms with Crippen LogP contribution in [0.1, 0.15) is 72.3 Å². The van der Waals surface area contributed by atoms with Gasteiger partial charge in [-0.1, -0.05) is 27.7 Å². The zero-order chi connectivity index (χ0) is 33.0. The summed E-state index contributed by atoms with van der Waals surface area (Å²) in [5.41, 5.74) is 5.03. The minimum absolute atomic E-state index is 0.00516. The molecule has 0 bridgehead atoms. The number of halogens is 1. The van der Waals surface area contributed by atoms with Gasteiger partial charge in [0.2, 0.25) is 11.8 Å². The van der Waals surface area contributed by atoms with Crippen LogP contribution >= 0.6 is 28.4 Å². The van der Waals surface area contributed by atoms with E-state index in [2.05, 4.69) is 67.0 Å². The molecule has 0 spiro atoms. The maximum Gasteiger partial charge on any atom is 0.236 e. The van der Waals surface area contributed by atoms with Crippen molar-refractivity contribution in [1.82, 2.24) is 39.0 Å². The number of terminal acetylenes is 1. The van der Waals surface area contributed by atoms with E-state index in [1.54, 1.807) is 17.1 Å². The normalized spacial score (nSPS) is 11.2. The van der Waals surface area contributed by atoms with Crippen molar-refractivity contribution in [3.05, 3.63) is 35.4 Å². The van der Waals surface area contributed by atoms with Gasteiger partial charge in [0.15, 0.2) is 0 Å². The van der Waals surface area contributed by atoms with E-state index in [9.17, 15) is 5.11 Å². The van der Waals surface area contributed by atoms with Crippen LogP contribution in [-0.4, -0.2) is 76.0 Å². The molecular weight excluding hydrogens is 690 g/mol. The third-order valence-electron chi connectivity index (χ3n) is 6.58. The van der Waals surface area contributed by atoms with Gasteiger partial charge in [-0.15, -0.1) is 11.5 Å². The average Bonchev–Trinajstić information content (AvgIpc) is 3.67. The van der Waals surface area contributed by atoms with Gasteiger partial charge in [0, 0.05) is 37.1 Å². The highest BCUT2D eigenvalue weighted by atomic mass is 127. The standard InChI is InChI=1S/C27H36IN8O3P.2C2H6/c1-8-22-20-13-23(29-15-24(20)36(31-22)40-28)21-14-30-33(7)27(21)38-12-10-34(17(2)3)16-25-19(6)26(39-18(4)5)32-35(25)9-11-37;2*1-2/h1,13-15,17-18,37,40H,9-12,16H2,2-7H3;2*1-2H3. The highest BCUT2D eigenvalue weighted by molar-refractivity contribution is 14.2. The number of aryl methyl sites for hydroxylation is 1. The molecule has 13 heteroatoms. The van der Waals surface area contributed by atoms with E-state index in [-0.39, 0.29) is 18.8 Å². The molecule has 4 aromatic rings. The predicted octanol–water partition coefficient (Wildman–Crippen LogP) is 6.23. The Balaban J connectivity index is 0.00000162. The highest BCUT2D eigenvalue weighted by Gasteiger charge is 2.22. The zero-order valence-electron chi connectivity index (χ0n) is 27.7. The largest absolute Gasteiger partial charge is 0.476 e. The van der Waals surface area contributed by atoms with E-state index in [1.807, 2.05) is 70.7 Å². The molecule has 0 aromatic carbocycles. The third-order valence-corrected chi connectivity index (χ3v) is 8.45. The Kier molecular flexibility index (Phi) is 15.6. The number of aliphatic hydroxyl groups excluding tert-OH is 1. The Morgan fingerprint density at radius 3 is 2.43 bits per heavy atom. The van der Waals surface area contributed by atoms with Gasteiger partial charge in [-0.3, -0.25) is 14.6 Å². The van der Waals surface area contributed by atoms with Gasteiger partial charge in [-0.2, -0.15) is 10.2 Å². The van der Waals surface area contributed by atoms with E-state index < -0.39 is 0 Å². The molecule has 0 radical (unpaired) electrons. The number of aliphatic hydroxyl groups is 1. The number of hydrogen-bond donors (Lipinski definition) is 1. The third kappa shape index (κ3) is 8.93. The van der Waals surface area contributed by atoms with Crippen LogP contribution in [0.3, 0.4) is 0 Å². The first-order valence-electron chi connectivity index (χ1n) is 15.1. The van der Waals surface area contributed by atoms with Crippen LogP contribution in [0.25, 0.3) is 22.2 Å². The van der Waals surface area contributed by atoms with Crippen LogP contribution in [0.4, 0.5) is 0 Å². The van der Waals surface area contributed by atoms with Gasteiger partial charge in [-0.25, -0.2) is 9.13 Å². The second-order valence-electron chi connectivity index (χ2n) is 9.97. The molecule has 44 heavy (non-hydrogen) atoms. The Labute approximate surface area is 277 Å². The monoisotopic (exact) mass is 738 g/mol. The van der Waals surface area contributed by atoms with Crippen molar-refractivity contribution in [3.8, 4) is 35.4 Å². The molecular formula is C31H48IN8O3P. The van der Waals surface area contributed by atoms with E-state index >= 15 is 0 Å². The molecule has 0 fully saturated rings. The van der Waals surface area contributed by atoms with Crippen molar-refractivity contribution in [2.24, 2.45) is 7.05 Å². The lowest BCUT2D eigenvalue weighted by Gasteiger charge is -2.27. The fourth-order valence-corrected chi connectivity index (χ4v) is 5.97. The quantitative estimate of drug-likeness (QED) is 0.0978. The topological polar surface area (TPSA) is 108 Å². The summed E-state index contributed by atoms with van der Waals surface area (Å²) >= 11 is 2.28. The smallest absolute Gasteiger partial charge is 0.236 e. The zero-order valence-corrected chi connectivity index (χ0v) is 30.9. The first kappa shape index (κ1) is 37.5. The Morgan fingerprint density at radius 1 is 1.14 bits per heavy atom. The second-order valence-corrected chi connectivity index (χ2v) is 12.0. The molecule has 0 saturated carbocycles. The Bertz CT molecular complexity index is 1510. The summed E-state index contributed by atoms with van der Waals surface area (Å²) in [7, 11) is 1.85. The van der Waals surface area contributed by atoms with Gasteiger partial charge in [0.1, 0.15) is 12.3 Å². The van der Waals surface area contributed by atoms with E-state index in [4.69, 9.17) is 15.9 Å². The molecule has 1 unspecified atom stereocenters. The SMILES string of the molecule is C#Cc1nn(PI)c2cnc(-c3cnn(C)c3OCCN(Cc3c(C)c(OC(C)C)nn3CCO)C(C)C)cc12.CC.CC. The van der Waals surface area contributed by atoms with Crippen LogP contribution < -0.4 is 9.47 Å². The molecule has 11 nitrogen and oxygen atoms in total. The fraction of sp³-hybridized carbons (Fsp3) is 0.548. The number of ether oxygens (including phenoxy) is 2. The van der Waals surface area contributed by atoms with Crippen molar-refractivity contribution in [1.29, 1.82) is 0 Å². The van der Waals surface area contributed by atoms with E-state index in [1.165, 1.54) is 0 Å². The lowest BCUT2D eigenvalue weighted by molar-refractivity contribution is 0.158. The minimum Gasteiger partial charge on any atom is -0.476 e. The molecule has 0 saturated heterocycles. The molecule has 0 aliphatic rings. The van der Waals surface area contributed by atoms with E-state index in [0.717, 1.165) is 33.4 Å². The maximum atomic E-state index is 9.60. The molecule has 242 valence electrons. The molecule has 4 heterocycles. The van der Waals surface area contributed by atoms with Crippen molar-refractivity contribution in [3.63, 3.8) is 0 Å². The summed E-state index contributed by atoms with van der Waals surface area (Å²) in [5, 5.41) is 24.0. The van der Waals surface area contributed by atoms with Gasteiger partial charge < -0.3 is 14.6 Å². The summed E-state index contributed by atoms with van der Waals surface area (Å²) in [6.45, 7) is 20.5. The summed E-state index contributed by atoms with van der Waals surface area (Å²) in [6.07, 6.45) is 9.73. The number of pyridine rings is 1. The maximum absolute atomic E-state index is 9.60. The first-order valence-corrected chi connectivity index (χ1v) is 19.2. The average molecular weight is 739 g/mol. The number of nitrogens with zero attached hydrogens (tertiary/aromatic N) is 8. The predicted molar refractivity (Wildman–Crippen MR) is 189 cm³/mol. The van der Waals surface area contributed by atoms with Crippen LogP contribution in [0.2, 0.25) is 0 Å². The Hall–Kier alpha value is -2.72. The first-order chi connectivity index (χ1) is 21.2. The van der Waals surface area contributed by atoms with Crippen LogP contribution in [0, 0.1) is 19.3 Å². The highest BCUT2D eigenvalue weighted by Crippen LogP contribution is 2.34. The van der Waals surface area contributed by atoms with Gasteiger partial charge in [0.25, 0.3) is 0 Å². The lowest BCUT2D eigenvalue weighted by Crippen LogP contribution is -2.35. The minimum atomic E-state index is 0.00516. The van der Waals surface area contributed by atoms with Crippen molar-refractivity contribution in [2.45, 2.75) is 87.5 Å². The molecule has 0 aliphatic heterocycles. The van der Waals surface area contributed by atoms with Crippen molar-refractivity contribution in [2.75, 3.05) is 19.8 Å². The van der Waals surface area contributed by atoms with Crippen LogP contribution in [0.15, 0.2) is 18.5 Å². The number of fused-ring (bicyclic) bond motifs is 1. The number of rotatable bonds is 13. The fourth-order valence-electron chi connectivity index (χ4n) is 4.45. The van der Waals surface area contributed by atoms with Crippen molar-refractivity contribution < 1.29 is 14.6 Å². The molecule has 1 atom stereocenters. The van der Waals surface area contributed by atoms with Gasteiger partial charge in [0.05, 0.1) is 60.5 Å². The lowest BCUT2D eigenvalue weighted by atomic mass is 10.1. The molecule has 4 aromatic heterocycles. The number of hydrogen-bond acceptors (Lipinski definition) is 8. The molecule has 1 N–H and O–H groups in total. The number of aromatic nitrogens is 7. The summed E-state index contributed by atoms with van der Waals surface area (Å²) in [6, 6.07) is 2.21. The van der Waals surface area contributed by atoms with Crippen molar-refractivity contribution >= 4 is 39.3 Å². The van der Waals surface area contributed by atoms with Crippen LogP contribution in [-0.2, 0) is 20.1 Å². The second kappa shape index (κ2) is 18.3. The summed E-state index contributed by atoms with van der Waals surface area (Å²) in [4.78, 5) is 7.00. The van der Waals surface area contributed by atoms with Crippen LogP contribution in [0.5, 0.6) is 11.8 Å². The Morgan fingerprint density at radius 2 is 1.84 bits per heavy atom. The van der Waals surface area contributed by atoms with Gasteiger partial charge in [-0.05, 0) is 68.6 Å².